The minimum atomic E-state index is -0.100. The van der Waals surface area contributed by atoms with Gasteiger partial charge in [-0.1, -0.05) is 0 Å². The Hall–Kier alpha value is -1.45. The molecule has 0 aliphatic rings. The molecular weight excluding hydrogens is 168 g/mol. The van der Waals surface area contributed by atoms with Gasteiger partial charge in [-0.3, -0.25) is 4.79 Å². The molecule has 0 aliphatic carbocycles. The molecule has 0 saturated carbocycles. The van der Waals surface area contributed by atoms with E-state index in [0.29, 0.717) is 17.9 Å². The largest absolute Gasteiger partial charge is 0.445 e. The van der Waals surface area contributed by atoms with E-state index in [-0.39, 0.29) is 11.8 Å². The lowest BCUT2D eigenvalue weighted by Gasteiger charge is -2.12. The Balaban J connectivity index is 2.94. The predicted molar refractivity (Wildman–Crippen MR) is 50.5 cm³/mol. The van der Waals surface area contributed by atoms with Crippen LogP contribution in [0, 0.1) is 6.92 Å². The van der Waals surface area contributed by atoms with Gasteiger partial charge in [-0.2, -0.15) is 0 Å². The van der Waals surface area contributed by atoms with Gasteiger partial charge in [0.25, 0.3) is 5.91 Å². The zero-order chi connectivity index (χ0) is 10.0. The first-order valence-corrected chi connectivity index (χ1v) is 4.17. The van der Waals surface area contributed by atoms with Crippen LogP contribution in [-0.4, -0.2) is 24.4 Å². The smallest absolute Gasteiger partial charge is 0.259 e. The van der Waals surface area contributed by atoms with Crippen LogP contribution in [0.4, 0.5) is 5.88 Å². The van der Waals surface area contributed by atoms with E-state index in [2.05, 4.69) is 0 Å². The maximum absolute atomic E-state index is 11.6. The van der Waals surface area contributed by atoms with Gasteiger partial charge in [-0.25, -0.2) is 0 Å². The highest BCUT2D eigenvalue weighted by Gasteiger charge is 2.16. The van der Waals surface area contributed by atoms with Gasteiger partial charge < -0.3 is 15.1 Å². The van der Waals surface area contributed by atoms with Crippen LogP contribution >= 0.6 is 0 Å². The van der Waals surface area contributed by atoms with Gasteiger partial charge in [-0.15, -0.1) is 0 Å². The molecule has 4 nitrogen and oxygen atoms in total. The summed E-state index contributed by atoms with van der Waals surface area (Å²) in [5.41, 5.74) is 5.97. The topological polar surface area (TPSA) is 59.5 Å². The molecule has 0 aliphatic heterocycles. The van der Waals surface area contributed by atoms with Crippen LogP contribution in [0.2, 0.25) is 0 Å². The highest BCUT2D eigenvalue weighted by molar-refractivity contribution is 5.98. The quantitative estimate of drug-likeness (QED) is 0.749. The fourth-order valence-electron chi connectivity index (χ4n) is 1.05. The average molecular weight is 182 g/mol. The van der Waals surface area contributed by atoms with Crippen LogP contribution in [-0.2, 0) is 0 Å². The zero-order valence-corrected chi connectivity index (χ0v) is 8.13. The zero-order valence-electron chi connectivity index (χ0n) is 8.13. The van der Waals surface area contributed by atoms with Gasteiger partial charge >= 0.3 is 0 Å². The summed E-state index contributed by atoms with van der Waals surface area (Å²) in [6, 6.07) is 1.66. The van der Waals surface area contributed by atoms with E-state index >= 15 is 0 Å². The molecule has 2 N–H and O–H groups in total. The number of furan rings is 1. The summed E-state index contributed by atoms with van der Waals surface area (Å²) >= 11 is 0. The van der Waals surface area contributed by atoms with Crippen LogP contribution in [0.1, 0.15) is 23.0 Å². The van der Waals surface area contributed by atoms with Crippen molar-refractivity contribution >= 4 is 11.8 Å². The monoisotopic (exact) mass is 182 g/mol. The molecule has 0 bridgehead atoms. The van der Waals surface area contributed by atoms with Gasteiger partial charge in [0.2, 0.25) is 5.88 Å². The van der Waals surface area contributed by atoms with E-state index in [0.717, 1.165) is 0 Å². The number of nitrogen functional groups attached to an aromatic ring is 1. The third-order valence-corrected chi connectivity index (χ3v) is 1.94. The molecule has 0 spiro atoms. The van der Waals surface area contributed by atoms with E-state index < -0.39 is 0 Å². The number of rotatable bonds is 2. The Kier molecular flexibility index (Phi) is 2.60. The molecule has 0 aromatic carbocycles. The fourth-order valence-corrected chi connectivity index (χ4v) is 1.05. The summed E-state index contributed by atoms with van der Waals surface area (Å²) in [5, 5.41) is 0. The number of anilines is 1. The Morgan fingerprint density at radius 2 is 2.31 bits per heavy atom. The SMILES string of the molecule is CCN(C)C(=O)c1cc(C)oc1N. The molecule has 0 radical (unpaired) electrons. The lowest BCUT2D eigenvalue weighted by molar-refractivity contribution is 0.0803. The summed E-state index contributed by atoms with van der Waals surface area (Å²) in [5.74, 6) is 0.755. The average Bonchev–Trinajstić information content (AvgIpc) is 2.42. The standard InChI is InChI=1S/C9H14N2O2/c1-4-11(3)9(12)7-5-6(2)13-8(7)10/h5H,4,10H2,1-3H3. The molecule has 0 saturated heterocycles. The maximum atomic E-state index is 11.6. The lowest BCUT2D eigenvalue weighted by Crippen LogP contribution is -2.26. The molecule has 1 amide bonds. The maximum Gasteiger partial charge on any atom is 0.259 e. The number of nitrogens with two attached hydrogens (primary N) is 1. The fraction of sp³-hybridized carbons (Fsp3) is 0.444. The minimum Gasteiger partial charge on any atom is -0.445 e. The predicted octanol–water partition coefficient (Wildman–Crippen LogP) is 1.26. The normalized spacial score (nSPS) is 10.1. The molecule has 13 heavy (non-hydrogen) atoms. The number of carbonyl (C=O) groups excluding carboxylic acids is 1. The van der Waals surface area contributed by atoms with Gasteiger partial charge in [0.05, 0.1) is 0 Å². The van der Waals surface area contributed by atoms with Crippen molar-refractivity contribution in [3.8, 4) is 0 Å². The Morgan fingerprint density at radius 1 is 1.69 bits per heavy atom. The van der Waals surface area contributed by atoms with Crippen LogP contribution < -0.4 is 5.73 Å². The van der Waals surface area contributed by atoms with E-state index in [1.165, 1.54) is 0 Å². The Morgan fingerprint density at radius 3 is 2.69 bits per heavy atom. The second-order valence-corrected chi connectivity index (χ2v) is 2.95. The van der Waals surface area contributed by atoms with E-state index in [4.69, 9.17) is 10.2 Å². The van der Waals surface area contributed by atoms with Crippen molar-refractivity contribution in [3.05, 3.63) is 17.4 Å². The molecule has 72 valence electrons. The highest BCUT2D eigenvalue weighted by atomic mass is 16.4. The second kappa shape index (κ2) is 3.51. The third kappa shape index (κ3) is 1.83. The third-order valence-electron chi connectivity index (χ3n) is 1.94. The first-order chi connectivity index (χ1) is 6.06. The number of hydrogen-bond donors (Lipinski definition) is 1. The van der Waals surface area contributed by atoms with E-state index in [9.17, 15) is 4.79 Å². The van der Waals surface area contributed by atoms with Crippen molar-refractivity contribution < 1.29 is 9.21 Å². The first kappa shape index (κ1) is 9.64. The minimum absolute atomic E-state index is 0.100. The summed E-state index contributed by atoms with van der Waals surface area (Å²) in [7, 11) is 1.73. The van der Waals surface area contributed by atoms with Crippen molar-refractivity contribution in [2.24, 2.45) is 0 Å². The van der Waals surface area contributed by atoms with Crippen molar-refractivity contribution in [1.82, 2.24) is 4.90 Å². The molecule has 0 unspecified atom stereocenters. The Labute approximate surface area is 77.3 Å². The first-order valence-electron chi connectivity index (χ1n) is 4.17. The molecule has 1 rings (SSSR count). The number of nitrogens with zero attached hydrogens (tertiary/aromatic N) is 1. The number of carbonyl (C=O) groups is 1. The van der Waals surface area contributed by atoms with E-state index in [1.807, 2.05) is 6.92 Å². The molecule has 0 atom stereocenters. The number of hydrogen-bond acceptors (Lipinski definition) is 3. The summed E-state index contributed by atoms with van der Waals surface area (Å²) in [6.45, 7) is 4.32. The van der Waals surface area contributed by atoms with E-state index in [1.54, 1.807) is 24.9 Å². The van der Waals surface area contributed by atoms with Gasteiger partial charge in [0, 0.05) is 13.6 Å². The molecule has 0 fully saturated rings. The lowest BCUT2D eigenvalue weighted by atomic mass is 10.2. The molecule has 1 aromatic rings. The van der Waals surface area contributed by atoms with Crippen LogP contribution in [0.5, 0.6) is 0 Å². The second-order valence-electron chi connectivity index (χ2n) is 2.95. The molecular formula is C9H14N2O2. The van der Waals surface area contributed by atoms with Crippen LogP contribution in [0.3, 0.4) is 0 Å². The van der Waals surface area contributed by atoms with Crippen LogP contribution in [0.15, 0.2) is 10.5 Å². The Bertz CT molecular complexity index is 317. The summed E-state index contributed by atoms with van der Waals surface area (Å²) < 4.78 is 5.06. The number of aryl methyl sites for hydroxylation is 1. The van der Waals surface area contributed by atoms with Crippen molar-refractivity contribution in [3.63, 3.8) is 0 Å². The highest BCUT2D eigenvalue weighted by Crippen LogP contribution is 2.18. The molecule has 1 aromatic heterocycles. The molecule has 4 heteroatoms. The van der Waals surface area contributed by atoms with Crippen LogP contribution in [0.25, 0.3) is 0 Å². The van der Waals surface area contributed by atoms with Crippen molar-refractivity contribution in [2.75, 3.05) is 19.3 Å². The summed E-state index contributed by atoms with van der Waals surface area (Å²) in [4.78, 5) is 13.2. The van der Waals surface area contributed by atoms with Gasteiger partial charge in [0.15, 0.2) is 0 Å². The summed E-state index contributed by atoms with van der Waals surface area (Å²) in [6.07, 6.45) is 0. The van der Waals surface area contributed by atoms with Gasteiger partial charge in [0.1, 0.15) is 11.3 Å². The van der Waals surface area contributed by atoms with Crippen molar-refractivity contribution in [1.29, 1.82) is 0 Å². The molecule has 1 heterocycles. The number of amides is 1. The van der Waals surface area contributed by atoms with Gasteiger partial charge in [-0.05, 0) is 19.9 Å². The van der Waals surface area contributed by atoms with Crippen molar-refractivity contribution in [2.45, 2.75) is 13.8 Å².